The third-order valence-electron chi connectivity index (χ3n) is 3.42. The van der Waals surface area contributed by atoms with Crippen LogP contribution in [0.2, 0.25) is 0 Å². The van der Waals surface area contributed by atoms with Gasteiger partial charge in [0, 0.05) is 11.7 Å². The SMILES string of the molecule is CCC(C)SCc1noc(CCC(C)(C)CCN)n1. The summed E-state index contributed by atoms with van der Waals surface area (Å²) in [6.45, 7) is 9.61. The fraction of sp³-hybridized carbons (Fsp3) is 0.857. The Morgan fingerprint density at radius 3 is 2.74 bits per heavy atom. The molecule has 0 bridgehead atoms. The molecule has 0 saturated heterocycles. The van der Waals surface area contributed by atoms with Crippen LogP contribution >= 0.6 is 11.8 Å². The second-order valence-corrected chi connectivity index (χ2v) is 7.26. The monoisotopic (exact) mass is 285 g/mol. The van der Waals surface area contributed by atoms with Crippen molar-refractivity contribution in [2.24, 2.45) is 11.1 Å². The van der Waals surface area contributed by atoms with E-state index in [1.54, 1.807) is 0 Å². The Kier molecular flexibility index (Phi) is 6.86. The molecule has 2 N–H and O–H groups in total. The molecule has 110 valence electrons. The van der Waals surface area contributed by atoms with Crippen LogP contribution in [0.3, 0.4) is 0 Å². The van der Waals surface area contributed by atoms with E-state index in [1.165, 1.54) is 6.42 Å². The maximum absolute atomic E-state index is 5.61. The highest BCUT2D eigenvalue weighted by molar-refractivity contribution is 7.99. The van der Waals surface area contributed by atoms with Crippen LogP contribution in [0, 0.1) is 5.41 Å². The predicted molar refractivity (Wildman–Crippen MR) is 81.1 cm³/mol. The third-order valence-corrected chi connectivity index (χ3v) is 4.75. The number of thioether (sulfide) groups is 1. The van der Waals surface area contributed by atoms with Crippen LogP contribution in [-0.4, -0.2) is 21.9 Å². The average Bonchev–Trinajstić information content (AvgIpc) is 2.81. The van der Waals surface area contributed by atoms with E-state index in [0.717, 1.165) is 43.3 Å². The van der Waals surface area contributed by atoms with Crippen LogP contribution in [0.25, 0.3) is 0 Å². The van der Waals surface area contributed by atoms with E-state index in [-0.39, 0.29) is 5.41 Å². The molecule has 4 nitrogen and oxygen atoms in total. The molecule has 0 radical (unpaired) electrons. The van der Waals surface area contributed by atoms with Gasteiger partial charge in [-0.2, -0.15) is 16.7 Å². The summed E-state index contributed by atoms with van der Waals surface area (Å²) in [6, 6.07) is 0. The van der Waals surface area contributed by atoms with Gasteiger partial charge in [-0.15, -0.1) is 0 Å². The lowest BCUT2D eigenvalue weighted by atomic mass is 9.84. The van der Waals surface area contributed by atoms with E-state index in [0.29, 0.717) is 5.25 Å². The molecule has 0 fully saturated rings. The van der Waals surface area contributed by atoms with Gasteiger partial charge in [0.2, 0.25) is 5.89 Å². The first kappa shape index (κ1) is 16.5. The summed E-state index contributed by atoms with van der Waals surface area (Å²) in [5, 5.41) is 4.68. The summed E-state index contributed by atoms with van der Waals surface area (Å²) < 4.78 is 5.30. The smallest absolute Gasteiger partial charge is 0.226 e. The first-order valence-electron chi connectivity index (χ1n) is 7.10. The topological polar surface area (TPSA) is 64.9 Å². The highest BCUT2D eigenvalue weighted by Gasteiger charge is 2.18. The Labute approximate surface area is 120 Å². The van der Waals surface area contributed by atoms with Gasteiger partial charge in [0.05, 0.1) is 5.75 Å². The van der Waals surface area contributed by atoms with Crippen molar-refractivity contribution < 1.29 is 4.52 Å². The van der Waals surface area contributed by atoms with Gasteiger partial charge in [-0.1, -0.05) is 32.9 Å². The maximum Gasteiger partial charge on any atom is 0.226 e. The van der Waals surface area contributed by atoms with Gasteiger partial charge in [0.1, 0.15) is 0 Å². The lowest BCUT2D eigenvalue weighted by molar-refractivity contribution is 0.289. The van der Waals surface area contributed by atoms with E-state index < -0.39 is 0 Å². The van der Waals surface area contributed by atoms with Crippen LogP contribution in [0.1, 0.15) is 58.7 Å². The first-order valence-corrected chi connectivity index (χ1v) is 8.15. The van der Waals surface area contributed by atoms with Gasteiger partial charge in [-0.3, -0.25) is 0 Å². The number of aromatic nitrogens is 2. The lowest BCUT2D eigenvalue weighted by Crippen LogP contribution is -2.17. The second-order valence-electron chi connectivity index (χ2n) is 5.84. The van der Waals surface area contributed by atoms with Crippen molar-refractivity contribution in [2.45, 2.75) is 64.4 Å². The normalized spacial score (nSPS) is 13.7. The van der Waals surface area contributed by atoms with Crippen molar-refractivity contribution in [3.63, 3.8) is 0 Å². The number of nitrogens with two attached hydrogens (primary N) is 1. The zero-order chi connectivity index (χ0) is 14.3. The van der Waals surface area contributed by atoms with Crippen LogP contribution in [-0.2, 0) is 12.2 Å². The van der Waals surface area contributed by atoms with E-state index in [9.17, 15) is 0 Å². The summed E-state index contributed by atoms with van der Waals surface area (Å²) >= 11 is 1.87. The molecule has 1 atom stereocenters. The molecule has 1 heterocycles. The van der Waals surface area contributed by atoms with Gasteiger partial charge < -0.3 is 10.3 Å². The first-order chi connectivity index (χ1) is 8.96. The van der Waals surface area contributed by atoms with Gasteiger partial charge in [0.15, 0.2) is 5.82 Å². The van der Waals surface area contributed by atoms with Gasteiger partial charge >= 0.3 is 0 Å². The van der Waals surface area contributed by atoms with E-state index in [4.69, 9.17) is 10.3 Å². The molecule has 1 rings (SSSR count). The minimum atomic E-state index is 0.245. The average molecular weight is 285 g/mol. The molecule has 0 saturated carbocycles. The van der Waals surface area contributed by atoms with Crippen molar-refractivity contribution in [2.75, 3.05) is 6.54 Å². The summed E-state index contributed by atoms with van der Waals surface area (Å²) in [6.07, 6.45) is 4.07. The van der Waals surface area contributed by atoms with Crippen molar-refractivity contribution in [3.05, 3.63) is 11.7 Å². The molecular formula is C14H27N3OS. The fourth-order valence-corrected chi connectivity index (χ4v) is 2.53. The Hall–Kier alpha value is -0.550. The number of nitrogens with zero attached hydrogens (tertiary/aromatic N) is 2. The minimum absolute atomic E-state index is 0.245. The Morgan fingerprint density at radius 1 is 1.37 bits per heavy atom. The van der Waals surface area contributed by atoms with Crippen LogP contribution < -0.4 is 5.73 Å². The highest BCUT2D eigenvalue weighted by Crippen LogP contribution is 2.26. The largest absolute Gasteiger partial charge is 0.339 e. The summed E-state index contributed by atoms with van der Waals surface area (Å²) in [4.78, 5) is 4.45. The molecular weight excluding hydrogens is 258 g/mol. The van der Waals surface area contributed by atoms with Crippen molar-refractivity contribution in [1.29, 1.82) is 0 Å². The van der Waals surface area contributed by atoms with Crippen LogP contribution in [0.4, 0.5) is 0 Å². The zero-order valence-corrected chi connectivity index (χ0v) is 13.4. The van der Waals surface area contributed by atoms with Crippen molar-refractivity contribution in [3.8, 4) is 0 Å². The molecule has 1 aromatic rings. The van der Waals surface area contributed by atoms with Gasteiger partial charge in [-0.05, 0) is 31.2 Å². The standard InChI is InChI=1S/C14H27N3OS/c1-5-11(2)19-10-12-16-13(18-17-12)6-7-14(3,4)8-9-15/h11H,5-10,15H2,1-4H3. The molecule has 0 aliphatic heterocycles. The molecule has 1 unspecified atom stereocenters. The van der Waals surface area contributed by atoms with E-state index >= 15 is 0 Å². The molecule has 0 aliphatic carbocycles. The van der Waals surface area contributed by atoms with Crippen LogP contribution in [0.5, 0.6) is 0 Å². The Morgan fingerprint density at radius 2 is 2.11 bits per heavy atom. The zero-order valence-electron chi connectivity index (χ0n) is 12.6. The van der Waals surface area contributed by atoms with E-state index in [2.05, 4.69) is 37.8 Å². The maximum atomic E-state index is 5.61. The molecule has 0 aliphatic rings. The van der Waals surface area contributed by atoms with Crippen molar-refractivity contribution in [1.82, 2.24) is 10.1 Å². The molecule has 1 aromatic heterocycles. The van der Waals surface area contributed by atoms with Gasteiger partial charge in [-0.25, -0.2) is 0 Å². The Balaban J connectivity index is 2.38. The summed E-state index contributed by atoms with van der Waals surface area (Å²) in [5.74, 6) is 2.41. The number of rotatable bonds is 9. The Bertz CT molecular complexity index is 365. The number of aryl methyl sites for hydroxylation is 1. The lowest BCUT2D eigenvalue weighted by Gasteiger charge is -2.22. The molecule has 19 heavy (non-hydrogen) atoms. The highest BCUT2D eigenvalue weighted by atomic mass is 32.2. The minimum Gasteiger partial charge on any atom is -0.339 e. The quantitative estimate of drug-likeness (QED) is 0.753. The molecule has 0 spiro atoms. The van der Waals surface area contributed by atoms with E-state index in [1.807, 2.05) is 11.8 Å². The van der Waals surface area contributed by atoms with Crippen LogP contribution in [0.15, 0.2) is 4.52 Å². The molecule has 0 amide bonds. The number of hydrogen-bond acceptors (Lipinski definition) is 5. The molecule has 0 aromatic carbocycles. The molecule has 5 heteroatoms. The third kappa shape index (κ3) is 6.43. The predicted octanol–water partition coefficient (Wildman–Crippen LogP) is 3.41. The van der Waals surface area contributed by atoms with Gasteiger partial charge in [0.25, 0.3) is 0 Å². The number of hydrogen-bond donors (Lipinski definition) is 1. The second kappa shape index (κ2) is 7.90. The van der Waals surface area contributed by atoms with Crippen molar-refractivity contribution >= 4 is 11.8 Å². The summed E-state index contributed by atoms with van der Waals surface area (Å²) in [7, 11) is 0. The fourth-order valence-electron chi connectivity index (χ4n) is 1.75. The summed E-state index contributed by atoms with van der Waals surface area (Å²) in [5.41, 5.74) is 5.86.